The van der Waals surface area contributed by atoms with E-state index in [9.17, 15) is 0 Å². The van der Waals surface area contributed by atoms with Crippen LogP contribution < -0.4 is 11.1 Å². The Morgan fingerprint density at radius 2 is 2.20 bits per heavy atom. The lowest BCUT2D eigenvalue weighted by Crippen LogP contribution is -2.26. The van der Waals surface area contributed by atoms with E-state index in [1.54, 1.807) is 12.4 Å². The zero-order valence-electron chi connectivity index (χ0n) is 11.7. The van der Waals surface area contributed by atoms with E-state index in [2.05, 4.69) is 22.2 Å². The van der Waals surface area contributed by atoms with Crippen LogP contribution in [-0.4, -0.2) is 16.5 Å². The highest BCUT2D eigenvalue weighted by atomic mass is 35.5. The van der Waals surface area contributed by atoms with Crippen LogP contribution in [0.15, 0.2) is 30.6 Å². The van der Waals surface area contributed by atoms with Crippen LogP contribution in [0, 0.1) is 6.92 Å². The Morgan fingerprint density at radius 1 is 1.40 bits per heavy atom. The molecule has 1 atom stereocenters. The van der Waals surface area contributed by atoms with Crippen molar-refractivity contribution >= 4 is 17.4 Å². The molecular weight excluding hydrogens is 272 g/mol. The van der Waals surface area contributed by atoms with Crippen molar-refractivity contribution in [2.45, 2.75) is 26.3 Å². The van der Waals surface area contributed by atoms with E-state index < -0.39 is 0 Å². The molecule has 0 aliphatic rings. The predicted molar refractivity (Wildman–Crippen MR) is 82.8 cm³/mol. The molecule has 0 spiro atoms. The lowest BCUT2D eigenvalue weighted by Gasteiger charge is -2.21. The molecule has 4 nitrogen and oxygen atoms in total. The fraction of sp³-hybridized carbons (Fsp3) is 0.333. The number of hydrogen-bond donors (Lipinski definition) is 2. The number of nitrogens with zero attached hydrogens (tertiary/aromatic N) is 2. The Morgan fingerprint density at radius 3 is 2.90 bits per heavy atom. The highest BCUT2D eigenvalue weighted by molar-refractivity contribution is 6.30. The summed E-state index contributed by atoms with van der Waals surface area (Å²) in [5, 5.41) is 4.04. The van der Waals surface area contributed by atoms with Gasteiger partial charge >= 0.3 is 0 Å². The summed E-state index contributed by atoms with van der Waals surface area (Å²) in [6.07, 6.45) is 4.37. The van der Waals surface area contributed by atoms with E-state index in [1.807, 2.05) is 25.1 Å². The third-order valence-electron chi connectivity index (χ3n) is 3.15. The number of aryl methyl sites for hydroxylation is 1. The first-order valence-corrected chi connectivity index (χ1v) is 7.07. The van der Waals surface area contributed by atoms with Gasteiger partial charge in [0, 0.05) is 18.0 Å². The predicted octanol–water partition coefficient (Wildman–Crippen LogP) is 3.11. The number of aromatic nitrogens is 2. The van der Waals surface area contributed by atoms with Gasteiger partial charge in [-0.15, -0.1) is 0 Å². The molecule has 0 saturated carbocycles. The standard InChI is InChI=1S/C15H19ClN4/c1-3-6-18-14(13-10(2)5-4-7-19-13)12-8-11(16)9-20-15(12)17/h4-5,7-9,14,18H,3,6H2,1-2H3,(H2,17,20). The van der Waals surface area contributed by atoms with Gasteiger partial charge in [0.25, 0.3) is 0 Å². The van der Waals surface area contributed by atoms with Crippen LogP contribution in [0.5, 0.6) is 0 Å². The van der Waals surface area contributed by atoms with Gasteiger partial charge in [-0.2, -0.15) is 0 Å². The smallest absolute Gasteiger partial charge is 0.128 e. The second kappa shape index (κ2) is 6.68. The van der Waals surface area contributed by atoms with Gasteiger partial charge in [0.1, 0.15) is 5.82 Å². The third kappa shape index (κ3) is 3.26. The Bertz CT molecular complexity index is 586. The lowest BCUT2D eigenvalue weighted by molar-refractivity contribution is 0.584. The van der Waals surface area contributed by atoms with Gasteiger partial charge in [0.2, 0.25) is 0 Å². The van der Waals surface area contributed by atoms with Gasteiger partial charge < -0.3 is 11.1 Å². The lowest BCUT2D eigenvalue weighted by atomic mass is 10.0. The molecule has 0 aliphatic heterocycles. The summed E-state index contributed by atoms with van der Waals surface area (Å²) in [6, 6.07) is 5.72. The zero-order valence-corrected chi connectivity index (χ0v) is 12.5. The quantitative estimate of drug-likeness (QED) is 0.888. The summed E-state index contributed by atoms with van der Waals surface area (Å²) < 4.78 is 0. The number of rotatable bonds is 5. The maximum atomic E-state index is 6.06. The zero-order chi connectivity index (χ0) is 14.5. The molecule has 2 rings (SSSR count). The minimum Gasteiger partial charge on any atom is -0.383 e. The molecule has 0 saturated heterocycles. The fourth-order valence-corrected chi connectivity index (χ4v) is 2.31. The third-order valence-corrected chi connectivity index (χ3v) is 3.36. The molecule has 0 radical (unpaired) electrons. The second-order valence-corrected chi connectivity index (χ2v) is 5.16. The molecule has 2 aromatic heterocycles. The first kappa shape index (κ1) is 14.8. The summed E-state index contributed by atoms with van der Waals surface area (Å²) in [6.45, 7) is 5.03. The largest absolute Gasteiger partial charge is 0.383 e. The van der Waals surface area contributed by atoms with Crippen LogP contribution in [0.3, 0.4) is 0 Å². The summed E-state index contributed by atoms with van der Waals surface area (Å²) in [5.74, 6) is 0.480. The summed E-state index contributed by atoms with van der Waals surface area (Å²) in [7, 11) is 0. The number of hydrogen-bond acceptors (Lipinski definition) is 4. The number of anilines is 1. The van der Waals surface area contributed by atoms with Crippen molar-refractivity contribution in [1.29, 1.82) is 0 Å². The molecule has 1 unspecified atom stereocenters. The van der Waals surface area contributed by atoms with E-state index in [-0.39, 0.29) is 6.04 Å². The number of nitrogen functional groups attached to an aromatic ring is 1. The number of halogens is 1. The van der Waals surface area contributed by atoms with Crippen LogP contribution in [0.1, 0.15) is 36.2 Å². The molecule has 0 aromatic carbocycles. The molecule has 0 amide bonds. The van der Waals surface area contributed by atoms with Gasteiger partial charge in [0.15, 0.2) is 0 Å². The molecule has 2 heterocycles. The van der Waals surface area contributed by atoms with Crippen molar-refractivity contribution in [1.82, 2.24) is 15.3 Å². The van der Waals surface area contributed by atoms with Crippen molar-refractivity contribution in [2.24, 2.45) is 0 Å². The van der Waals surface area contributed by atoms with Gasteiger partial charge in [-0.1, -0.05) is 24.6 Å². The van der Waals surface area contributed by atoms with Crippen molar-refractivity contribution < 1.29 is 0 Å². The topological polar surface area (TPSA) is 63.8 Å². The summed E-state index contributed by atoms with van der Waals surface area (Å²) >= 11 is 6.06. The van der Waals surface area contributed by atoms with Crippen LogP contribution in [0.2, 0.25) is 5.02 Å². The molecule has 106 valence electrons. The fourth-order valence-electron chi connectivity index (χ4n) is 2.14. The van der Waals surface area contributed by atoms with Gasteiger partial charge in [-0.3, -0.25) is 4.98 Å². The minimum absolute atomic E-state index is 0.0950. The molecular formula is C15H19ClN4. The van der Waals surface area contributed by atoms with E-state index in [4.69, 9.17) is 17.3 Å². The Kier molecular flexibility index (Phi) is 4.93. The molecule has 0 bridgehead atoms. The van der Waals surface area contributed by atoms with E-state index in [0.717, 1.165) is 29.8 Å². The van der Waals surface area contributed by atoms with Gasteiger partial charge in [-0.05, 0) is 37.6 Å². The number of nitrogens with two attached hydrogens (primary N) is 1. The minimum atomic E-state index is -0.0950. The van der Waals surface area contributed by atoms with Crippen LogP contribution in [0.4, 0.5) is 5.82 Å². The van der Waals surface area contributed by atoms with Gasteiger partial charge in [-0.25, -0.2) is 4.98 Å². The van der Waals surface area contributed by atoms with E-state index in [1.165, 1.54) is 0 Å². The molecule has 20 heavy (non-hydrogen) atoms. The summed E-state index contributed by atoms with van der Waals surface area (Å²) in [4.78, 5) is 8.63. The number of nitrogens with one attached hydrogen (secondary N) is 1. The van der Waals surface area contributed by atoms with Gasteiger partial charge in [0.05, 0.1) is 16.8 Å². The monoisotopic (exact) mass is 290 g/mol. The van der Waals surface area contributed by atoms with E-state index >= 15 is 0 Å². The Hall–Kier alpha value is -1.65. The molecule has 2 aromatic rings. The van der Waals surface area contributed by atoms with Crippen molar-refractivity contribution in [3.8, 4) is 0 Å². The highest BCUT2D eigenvalue weighted by Gasteiger charge is 2.20. The highest BCUT2D eigenvalue weighted by Crippen LogP contribution is 2.28. The van der Waals surface area contributed by atoms with Crippen molar-refractivity contribution in [3.05, 3.63) is 52.4 Å². The van der Waals surface area contributed by atoms with E-state index in [0.29, 0.717) is 10.8 Å². The first-order chi connectivity index (χ1) is 9.63. The molecule has 3 N–H and O–H groups in total. The normalized spacial score (nSPS) is 12.3. The summed E-state index contributed by atoms with van der Waals surface area (Å²) in [5.41, 5.74) is 8.95. The molecule has 0 fully saturated rings. The molecule has 0 aliphatic carbocycles. The second-order valence-electron chi connectivity index (χ2n) is 4.72. The average molecular weight is 291 g/mol. The Balaban J connectivity index is 2.47. The first-order valence-electron chi connectivity index (χ1n) is 6.69. The van der Waals surface area contributed by atoms with Crippen LogP contribution >= 0.6 is 11.6 Å². The van der Waals surface area contributed by atoms with Crippen molar-refractivity contribution in [2.75, 3.05) is 12.3 Å². The Labute approximate surface area is 124 Å². The maximum absolute atomic E-state index is 6.06. The molecule has 5 heteroatoms. The van der Waals surface area contributed by atoms with Crippen molar-refractivity contribution in [3.63, 3.8) is 0 Å². The van der Waals surface area contributed by atoms with Crippen LogP contribution in [0.25, 0.3) is 0 Å². The SMILES string of the molecule is CCCNC(c1cc(Cl)cnc1N)c1ncccc1C. The maximum Gasteiger partial charge on any atom is 0.128 e. The number of pyridine rings is 2. The van der Waals surface area contributed by atoms with Crippen LogP contribution in [-0.2, 0) is 0 Å². The average Bonchev–Trinajstić information content (AvgIpc) is 2.44.